The van der Waals surface area contributed by atoms with Crippen LogP contribution >= 0.6 is 23.1 Å². The summed E-state index contributed by atoms with van der Waals surface area (Å²) < 4.78 is 7.70. The zero-order chi connectivity index (χ0) is 22.2. The molecule has 0 saturated carbocycles. The number of benzene rings is 1. The topological polar surface area (TPSA) is 64.4 Å². The summed E-state index contributed by atoms with van der Waals surface area (Å²) in [4.78, 5) is 34.3. The van der Waals surface area contributed by atoms with Crippen LogP contribution in [-0.4, -0.2) is 39.6 Å². The number of fused-ring (bicyclic) bond motifs is 3. The highest BCUT2D eigenvalue weighted by atomic mass is 32.2. The Kier molecular flexibility index (Phi) is 6.09. The predicted octanol–water partition coefficient (Wildman–Crippen LogP) is 4.14. The Labute approximate surface area is 195 Å². The number of carbonyl (C=O) groups excluding carboxylic acids is 1. The summed E-state index contributed by atoms with van der Waals surface area (Å²) in [6, 6.07) is 8.33. The fraction of sp³-hybridized carbons (Fsp3) is 0.458. The van der Waals surface area contributed by atoms with Crippen molar-refractivity contribution >= 4 is 39.2 Å². The third-order valence-electron chi connectivity index (χ3n) is 6.40. The Bertz CT molecular complexity index is 1230. The number of aromatic nitrogens is 2. The number of thioether (sulfide) groups is 1. The third kappa shape index (κ3) is 4.11. The van der Waals surface area contributed by atoms with Crippen molar-refractivity contribution in [1.29, 1.82) is 0 Å². The number of thiophene rings is 1. The van der Waals surface area contributed by atoms with Gasteiger partial charge in [-0.2, -0.15) is 0 Å². The number of aryl methyl sites for hydroxylation is 1. The lowest BCUT2D eigenvalue weighted by Gasteiger charge is -2.25. The Morgan fingerprint density at radius 2 is 2.19 bits per heavy atom. The molecule has 1 saturated heterocycles. The average molecular weight is 470 g/mol. The van der Waals surface area contributed by atoms with Gasteiger partial charge in [0.05, 0.1) is 24.6 Å². The number of rotatable bonds is 5. The molecule has 4 heterocycles. The molecule has 0 bridgehead atoms. The highest BCUT2D eigenvalue weighted by molar-refractivity contribution is 7.98. The van der Waals surface area contributed by atoms with E-state index in [2.05, 4.69) is 19.1 Å². The van der Waals surface area contributed by atoms with Crippen LogP contribution in [0.2, 0.25) is 0 Å². The fourth-order valence-corrected chi connectivity index (χ4v) is 6.86. The van der Waals surface area contributed by atoms with Crippen LogP contribution in [-0.2, 0) is 34.8 Å². The van der Waals surface area contributed by atoms with Gasteiger partial charge in [-0.05, 0) is 42.9 Å². The summed E-state index contributed by atoms with van der Waals surface area (Å²) in [5, 5.41) is 1.50. The summed E-state index contributed by atoms with van der Waals surface area (Å²) in [5.41, 5.74) is 3.60. The average Bonchev–Trinajstić information content (AvgIpc) is 3.42. The maximum atomic E-state index is 13.7. The van der Waals surface area contributed by atoms with Gasteiger partial charge >= 0.3 is 0 Å². The van der Waals surface area contributed by atoms with Crippen LogP contribution in [0.1, 0.15) is 41.3 Å². The van der Waals surface area contributed by atoms with Crippen LogP contribution in [0.15, 0.2) is 34.2 Å². The van der Waals surface area contributed by atoms with Crippen molar-refractivity contribution < 1.29 is 9.53 Å². The first-order valence-electron chi connectivity index (χ1n) is 11.1. The van der Waals surface area contributed by atoms with Crippen molar-refractivity contribution in [3.63, 3.8) is 0 Å². The minimum atomic E-state index is 0.0339. The third-order valence-corrected chi connectivity index (χ3v) is 8.53. The molecule has 1 atom stereocenters. The van der Waals surface area contributed by atoms with Gasteiger partial charge in [-0.15, -0.1) is 11.3 Å². The first kappa shape index (κ1) is 21.7. The molecule has 2 aromatic heterocycles. The van der Waals surface area contributed by atoms with E-state index in [1.54, 1.807) is 30.0 Å². The normalized spacial score (nSPS) is 18.3. The van der Waals surface area contributed by atoms with Gasteiger partial charge in [-0.1, -0.05) is 36.0 Å². The Morgan fingerprint density at radius 3 is 2.94 bits per heavy atom. The molecule has 1 fully saturated rings. The first-order chi connectivity index (χ1) is 15.5. The van der Waals surface area contributed by atoms with Crippen molar-refractivity contribution in [1.82, 2.24) is 14.5 Å². The van der Waals surface area contributed by atoms with E-state index in [1.165, 1.54) is 11.1 Å². The largest absolute Gasteiger partial charge is 0.376 e. The van der Waals surface area contributed by atoms with Gasteiger partial charge in [-0.3, -0.25) is 14.2 Å². The van der Waals surface area contributed by atoms with Crippen molar-refractivity contribution in [3.05, 3.63) is 56.2 Å². The van der Waals surface area contributed by atoms with Crippen LogP contribution in [0, 0.1) is 6.92 Å². The molecule has 0 aliphatic carbocycles. The van der Waals surface area contributed by atoms with E-state index < -0.39 is 0 Å². The van der Waals surface area contributed by atoms with Gasteiger partial charge in [0.15, 0.2) is 5.16 Å². The SMILES string of the molecule is CC(=O)N1CCc2c(sc3nc(SCc4ccccc4C)n(C[C@H]4CCCO4)c(=O)c23)C1. The molecule has 1 amide bonds. The summed E-state index contributed by atoms with van der Waals surface area (Å²) in [6.07, 6.45) is 2.78. The van der Waals surface area contributed by atoms with Crippen molar-refractivity contribution in [2.24, 2.45) is 0 Å². The number of amides is 1. The molecular weight excluding hydrogens is 442 g/mol. The molecule has 168 valence electrons. The van der Waals surface area contributed by atoms with Crippen LogP contribution in [0.4, 0.5) is 0 Å². The highest BCUT2D eigenvalue weighted by Gasteiger charge is 2.27. The number of hydrogen-bond donors (Lipinski definition) is 0. The minimum absolute atomic E-state index is 0.0339. The molecule has 0 N–H and O–H groups in total. The van der Waals surface area contributed by atoms with E-state index in [0.29, 0.717) is 26.1 Å². The molecule has 0 spiro atoms. The lowest BCUT2D eigenvalue weighted by molar-refractivity contribution is -0.129. The molecule has 1 aromatic carbocycles. The number of nitrogens with zero attached hydrogens (tertiary/aromatic N) is 3. The summed E-state index contributed by atoms with van der Waals surface area (Å²) in [5.74, 6) is 0.839. The summed E-state index contributed by atoms with van der Waals surface area (Å²) in [6.45, 7) is 6.24. The van der Waals surface area contributed by atoms with Gasteiger partial charge in [0.25, 0.3) is 5.56 Å². The Morgan fingerprint density at radius 1 is 1.34 bits per heavy atom. The van der Waals surface area contributed by atoms with Gasteiger partial charge in [0.1, 0.15) is 4.83 Å². The monoisotopic (exact) mass is 469 g/mol. The number of carbonyl (C=O) groups is 1. The molecule has 5 rings (SSSR count). The second kappa shape index (κ2) is 9.00. The molecular formula is C24H27N3O3S2. The van der Waals surface area contributed by atoms with Crippen LogP contribution < -0.4 is 5.56 Å². The molecule has 32 heavy (non-hydrogen) atoms. The summed E-state index contributed by atoms with van der Waals surface area (Å²) >= 11 is 3.18. The number of hydrogen-bond acceptors (Lipinski definition) is 6. The molecule has 8 heteroatoms. The van der Waals surface area contributed by atoms with E-state index >= 15 is 0 Å². The maximum absolute atomic E-state index is 13.7. The molecule has 0 unspecified atom stereocenters. The fourth-order valence-electron chi connectivity index (χ4n) is 4.50. The minimum Gasteiger partial charge on any atom is -0.376 e. The van der Waals surface area contributed by atoms with Crippen LogP contribution in [0.5, 0.6) is 0 Å². The first-order valence-corrected chi connectivity index (χ1v) is 12.9. The van der Waals surface area contributed by atoms with Gasteiger partial charge < -0.3 is 9.64 Å². The number of ether oxygens (including phenoxy) is 1. The zero-order valence-electron chi connectivity index (χ0n) is 18.4. The lowest BCUT2D eigenvalue weighted by atomic mass is 10.1. The molecule has 3 aromatic rings. The van der Waals surface area contributed by atoms with Gasteiger partial charge in [-0.25, -0.2) is 4.98 Å². The van der Waals surface area contributed by atoms with E-state index in [-0.39, 0.29) is 17.6 Å². The predicted molar refractivity (Wildman–Crippen MR) is 128 cm³/mol. The van der Waals surface area contributed by atoms with Crippen LogP contribution in [0.25, 0.3) is 10.2 Å². The van der Waals surface area contributed by atoms with E-state index in [9.17, 15) is 9.59 Å². The molecule has 0 radical (unpaired) electrons. The Balaban J connectivity index is 1.55. The van der Waals surface area contributed by atoms with E-state index in [1.807, 2.05) is 21.6 Å². The van der Waals surface area contributed by atoms with Crippen LogP contribution in [0.3, 0.4) is 0 Å². The molecule has 2 aliphatic rings. The van der Waals surface area contributed by atoms with E-state index in [0.717, 1.165) is 51.0 Å². The molecule has 2 aliphatic heterocycles. The maximum Gasteiger partial charge on any atom is 0.263 e. The standard InChI is InChI=1S/C24H27N3O3S2/c1-15-6-3-4-7-17(15)14-31-24-25-22-21(23(29)27(24)12-18-8-5-11-30-18)19-9-10-26(16(2)28)13-20(19)32-22/h3-4,6-7,18H,5,8-14H2,1-2H3/t18-/m1/s1. The quantitative estimate of drug-likeness (QED) is 0.415. The van der Waals surface area contributed by atoms with Gasteiger partial charge in [0, 0.05) is 30.7 Å². The van der Waals surface area contributed by atoms with Crippen molar-refractivity contribution in [2.75, 3.05) is 13.2 Å². The molecule has 6 nitrogen and oxygen atoms in total. The second-order valence-electron chi connectivity index (χ2n) is 8.53. The van der Waals surface area contributed by atoms with E-state index in [4.69, 9.17) is 9.72 Å². The smallest absolute Gasteiger partial charge is 0.263 e. The van der Waals surface area contributed by atoms with Crippen molar-refractivity contribution in [2.45, 2.75) is 63.2 Å². The lowest BCUT2D eigenvalue weighted by Crippen LogP contribution is -2.34. The Hall–Kier alpha value is -2.16. The summed E-state index contributed by atoms with van der Waals surface area (Å²) in [7, 11) is 0. The second-order valence-corrected chi connectivity index (χ2v) is 10.6. The highest BCUT2D eigenvalue weighted by Crippen LogP contribution is 2.34. The van der Waals surface area contributed by atoms with Crippen molar-refractivity contribution in [3.8, 4) is 0 Å². The zero-order valence-corrected chi connectivity index (χ0v) is 20.1. The van der Waals surface area contributed by atoms with Gasteiger partial charge in [0.2, 0.25) is 5.91 Å².